The highest BCUT2D eigenvalue weighted by molar-refractivity contribution is 5.82. The van der Waals surface area contributed by atoms with E-state index >= 15 is 0 Å². The molecule has 5 heteroatoms. The van der Waals surface area contributed by atoms with E-state index in [0.29, 0.717) is 5.69 Å². The highest BCUT2D eigenvalue weighted by Crippen LogP contribution is 2.25. The number of hydrogen-bond acceptors (Lipinski definition) is 3. The Labute approximate surface area is 104 Å². The monoisotopic (exact) mass is 241 g/mol. The molecule has 0 saturated carbocycles. The Morgan fingerprint density at radius 2 is 2.17 bits per heavy atom. The molecule has 3 rings (SSSR count). The third-order valence-electron chi connectivity index (χ3n) is 3.23. The minimum Gasteiger partial charge on any atom is -0.396 e. The van der Waals surface area contributed by atoms with Gasteiger partial charge < -0.3 is 10.7 Å². The van der Waals surface area contributed by atoms with E-state index < -0.39 is 0 Å². The van der Waals surface area contributed by atoms with Gasteiger partial charge in [0.1, 0.15) is 5.69 Å². The molecule has 5 nitrogen and oxygen atoms in total. The van der Waals surface area contributed by atoms with Gasteiger partial charge >= 0.3 is 0 Å². The average Bonchev–Trinajstić information content (AvgIpc) is 2.93. The highest BCUT2D eigenvalue weighted by atomic mass is 15.1. The number of nitrogens with zero attached hydrogens (tertiary/aromatic N) is 2. The Balaban J connectivity index is 2.20. The van der Waals surface area contributed by atoms with Crippen molar-refractivity contribution in [2.24, 2.45) is 0 Å². The number of aryl methyl sites for hydroxylation is 2. The van der Waals surface area contributed by atoms with E-state index in [2.05, 4.69) is 46.1 Å². The summed E-state index contributed by atoms with van der Waals surface area (Å²) in [6.07, 6.45) is 2.60. The maximum atomic E-state index is 5.83. The van der Waals surface area contributed by atoms with Crippen LogP contribution < -0.4 is 5.73 Å². The lowest BCUT2D eigenvalue weighted by atomic mass is 10.1. The van der Waals surface area contributed by atoms with Crippen LogP contribution in [0.1, 0.15) is 18.1 Å². The second-order valence-corrected chi connectivity index (χ2v) is 4.44. The second kappa shape index (κ2) is 3.87. The van der Waals surface area contributed by atoms with Crippen LogP contribution >= 0.6 is 0 Å². The van der Waals surface area contributed by atoms with Crippen LogP contribution in [0.4, 0.5) is 5.69 Å². The Hall–Kier alpha value is -2.30. The minimum absolute atomic E-state index is 0.599. The molecule has 3 aromatic rings. The molecule has 92 valence electrons. The topological polar surface area (TPSA) is 83.4 Å². The molecule has 0 aliphatic carbocycles. The molecule has 0 bridgehead atoms. The predicted octanol–water partition coefficient (Wildman–Crippen LogP) is 2.41. The summed E-state index contributed by atoms with van der Waals surface area (Å²) in [6.45, 7) is 4.26. The van der Waals surface area contributed by atoms with E-state index in [1.807, 2.05) is 0 Å². The summed E-state index contributed by atoms with van der Waals surface area (Å²) in [5.74, 6) is 0.729. The zero-order chi connectivity index (χ0) is 12.7. The fraction of sp³-hybridized carbons (Fsp3) is 0.231. The van der Waals surface area contributed by atoms with Gasteiger partial charge in [0, 0.05) is 0 Å². The van der Waals surface area contributed by atoms with Gasteiger partial charge in [0.15, 0.2) is 5.82 Å². The van der Waals surface area contributed by atoms with Crippen molar-refractivity contribution >= 4 is 16.7 Å². The number of benzene rings is 1. The van der Waals surface area contributed by atoms with Crippen LogP contribution in [0.2, 0.25) is 0 Å². The summed E-state index contributed by atoms with van der Waals surface area (Å²) >= 11 is 0. The number of anilines is 1. The number of nitrogens with two attached hydrogens (primary N) is 1. The smallest absolute Gasteiger partial charge is 0.158 e. The summed E-state index contributed by atoms with van der Waals surface area (Å²) in [7, 11) is 0. The average molecular weight is 241 g/mol. The lowest BCUT2D eigenvalue weighted by molar-refractivity contribution is 1.08. The van der Waals surface area contributed by atoms with Crippen molar-refractivity contribution in [1.29, 1.82) is 0 Å². The van der Waals surface area contributed by atoms with Crippen LogP contribution in [0.3, 0.4) is 0 Å². The van der Waals surface area contributed by atoms with Crippen molar-refractivity contribution in [3.63, 3.8) is 0 Å². The molecular formula is C13H15N5. The first-order valence-corrected chi connectivity index (χ1v) is 5.97. The summed E-state index contributed by atoms with van der Waals surface area (Å²) in [6, 6.07) is 4.24. The predicted molar refractivity (Wildman–Crippen MR) is 72.2 cm³/mol. The largest absolute Gasteiger partial charge is 0.396 e. The zero-order valence-electron chi connectivity index (χ0n) is 10.4. The van der Waals surface area contributed by atoms with Gasteiger partial charge in [-0.1, -0.05) is 6.92 Å². The van der Waals surface area contributed by atoms with Crippen molar-refractivity contribution < 1.29 is 0 Å². The van der Waals surface area contributed by atoms with Crippen molar-refractivity contribution in [3.05, 3.63) is 29.5 Å². The number of imidazole rings is 1. The van der Waals surface area contributed by atoms with E-state index in [0.717, 1.165) is 29.0 Å². The molecule has 2 aromatic heterocycles. The number of rotatable bonds is 2. The number of H-pyrrole nitrogens is 2. The molecule has 2 heterocycles. The Morgan fingerprint density at radius 3 is 2.83 bits per heavy atom. The molecule has 0 amide bonds. The summed E-state index contributed by atoms with van der Waals surface area (Å²) in [5, 5.41) is 6.77. The van der Waals surface area contributed by atoms with Crippen LogP contribution in [0.5, 0.6) is 0 Å². The van der Waals surface area contributed by atoms with Gasteiger partial charge in [-0.05, 0) is 36.6 Å². The van der Waals surface area contributed by atoms with E-state index in [-0.39, 0.29) is 0 Å². The second-order valence-electron chi connectivity index (χ2n) is 4.44. The van der Waals surface area contributed by atoms with Crippen LogP contribution in [0, 0.1) is 6.92 Å². The van der Waals surface area contributed by atoms with Crippen molar-refractivity contribution in [2.45, 2.75) is 20.3 Å². The molecule has 0 saturated heterocycles. The Kier molecular flexibility index (Phi) is 2.33. The number of aromatic amines is 2. The first kappa shape index (κ1) is 10.8. The van der Waals surface area contributed by atoms with Crippen molar-refractivity contribution in [2.75, 3.05) is 5.73 Å². The maximum absolute atomic E-state index is 5.83. The zero-order valence-corrected chi connectivity index (χ0v) is 10.4. The van der Waals surface area contributed by atoms with Gasteiger partial charge in [0.25, 0.3) is 0 Å². The molecular weight excluding hydrogens is 226 g/mol. The Bertz CT molecular complexity index is 707. The normalized spacial score (nSPS) is 11.2. The quantitative estimate of drug-likeness (QED) is 0.644. The molecule has 1 aromatic carbocycles. The van der Waals surface area contributed by atoms with Gasteiger partial charge in [-0.3, -0.25) is 5.10 Å². The molecule has 0 aliphatic rings. The molecule has 0 fully saturated rings. The molecule has 0 radical (unpaired) electrons. The summed E-state index contributed by atoms with van der Waals surface area (Å²) < 4.78 is 0. The standard InChI is InChI=1S/C13H15N5/c1-3-8-5-11-10(4-7(8)2)16-13(17-11)12-9(14)6-15-18-12/h4-6H,3,14H2,1-2H3,(H,15,18)(H,16,17). The third-order valence-corrected chi connectivity index (χ3v) is 3.23. The lowest BCUT2D eigenvalue weighted by Crippen LogP contribution is -1.87. The van der Waals surface area contributed by atoms with Crippen LogP contribution in [-0.4, -0.2) is 20.2 Å². The third kappa shape index (κ3) is 1.55. The minimum atomic E-state index is 0.599. The van der Waals surface area contributed by atoms with Crippen LogP contribution in [-0.2, 0) is 6.42 Å². The summed E-state index contributed by atoms with van der Waals surface area (Å²) in [5.41, 5.74) is 11.7. The number of hydrogen-bond donors (Lipinski definition) is 3. The SMILES string of the molecule is CCc1cc2nc(-c3[nH]ncc3N)[nH]c2cc1C. The fourth-order valence-electron chi connectivity index (χ4n) is 2.19. The maximum Gasteiger partial charge on any atom is 0.158 e. The molecule has 0 spiro atoms. The van der Waals surface area contributed by atoms with Gasteiger partial charge in [-0.25, -0.2) is 4.98 Å². The number of aromatic nitrogens is 4. The van der Waals surface area contributed by atoms with Crippen molar-refractivity contribution in [3.8, 4) is 11.5 Å². The van der Waals surface area contributed by atoms with E-state index in [1.165, 1.54) is 11.1 Å². The number of nitrogens with one attached hydrogen (secondary N) is 2. The first-order valence-electron chi connectivity index (χ1n) is 5.97. The molecule has 18 heavy (non-hydrogen) atoms. The molecule has 4 N–H and O–H groups in total. The lowest BCUT2D eigenvalue weighted by Gasteiger charge is -2.01. The van der Waals surface area contributed by atoms with Gasteiger partial charge in [-0.2, -0.15) is 5.10 Å². The molecule has 0 unspecified atom stereocenters. The van der Waals surface area contributed by atoms with Crippen LogP contribution in [0.25, 0.3) is 22.6 Å². The van der Waals surface area contributed by atoms with Gasteiger partial charge in [0.2, 0.25) is 0 Å². The highest BCUT2D eigenvalue weighted by Gasteiger charge is 2.11. The van der Waals surface area contributed by atoms with Gasteiger partial charge in [0.05, 0.1) is 22.9 Å². The Morgan fingerprint density at radius 1 is 1.33 bits per heavy atom. The van der Waals surface area contributed by atoms with E-state index in [1.54, 1.807) is 6.20 Å². The number of fused-ring (bicyclic) bond motifs is 1. The number of nitrogen functional groups attached to an aromatic ring is 1. The van der Waals surface area contributed by atoms with E-state index in [9.17, 15) is 0 Å². The summed E-state index contributed by atoms with van der Waals surface area (Å²) in [4.78, 5) is 7.83. The van der Waals surface area contributed by atoms with Gasteiger partial charge in [-0.15, -0.1) is 0 Å². The first-order chi connectivity index (χ1) is 8.69. The fourth-order valence-corrected chi connectivity index (χ4v) is 2.19. The molecule has 0 atom stereocenters. The van der Waals surface area contributed by atoms with E-state index in [4.69, 9.17) is 5.73 Å². The molecule has 0 aliphatic heterocycles. The van der Waals surface area contributed by atoms with Crippen molar-refractivity contribution in [1.82, 2.24) is 20.2 Å². The van der Waals surface area contributed by atoms with Crippen LogP contribution in [0.15, 0.2) is 18.3 Å².